The van der Waals surface area contributed by atoms with Gasteiger partial charge in [0.1, 0.15) is 11.6 Å². The first-order chi connectivity index (χ1) is 12.0. The van der Waals surface area contributed by atoms with E-state index < -0.39 is 11.7 Å². The van der Waals surface area contributed by atoms with Gasteiger partial charge in [-0.2, -0.15) is 13.2 Å². The number of benzene rings is 2. The molecule has 0 amide bonds. The predicted octanol–water partition coefficient (Wildman–Crippen LogP) is 5.52. The third kappa shape index (κ3) is 4.09. The molecule has 0 saturated carbocycles. The van der Waals surface area contributed by atoms with Crippen LogP contribution in [0, 0.1) is 0 Å². The number of rotatable bonds is 4. The van der Waals surface area contributed by atoms with Gasteiger partial charge in [0, 0.05) is 11.9 Å². The number of halogens is 3. The van der Waals surface area contributed by atoms with Crippen LogP contribution in [0.2, 0.25) is 0 Å². The number of aromatic nitrogens is 1. The topological polar surface area (TPSA) is 34.1 Å². The molecule has 1 N–H and O–H groups in total. The number of nitrogens with zero attached hydrogens (tertiary/aromatic N) is 1. The van der Waals surface area contributed by atoms with E-state index in [0.717, 1.165) is 23.6 Å². The van der Waals surface area contributed by atoms with Crippen molar-refractivity contribution >= 4 is 11.5 Å². The van der Waals surface area contributed by atoms with E-state index in [1.54, 1.807) is 43.6 Å². The minimum absolute atomic E-state index is 0.481. The van der Waals surface area contributed by atoms with Crippen molar-refractivity contribution in [2.45, 2.75) is 6.18 Å². The number of hydrogen-bond acceptors (Lipinski definition) is 3. The summed E-state index contributed by atoms with van der Waals surface area (Å²) in [5, 5.41) is 3.12. The number of alkyl halides is 3. The van der Waals surface area contributed by atoms with Gasteiger partial charge in [-0.1, -0.05) is 12.1 Å². The second kappa shape index (κ2) is 6.84. The van der Waals surface area contributed by atoms with Crippen molar-refractivity contribution in [1.82, 2.24) is 4.98 Å². The SMILES string of the molecule is COc1ccc(Nc2cc(-c3cccc(C(F)(F)F)c3)ccn2)cc1. The highest BCUT2D eigenvalue weighted by molar-refractivity contribution is 5.69. The van der Waals surface area contributed by atoms with Crippen LogP contribution < -0.4 is 10.1 Å². The largest absolute Gasteiger partial charge is 0.497 e. The Balaban J connectivity index is 1.86. The lowest BCUT2D eigenvalue weighted by molar-refractivity contribution is -0.137. The van der Waals surface area contributed by atoms with Crippen LogP contribution in [-0.2, 0) is 6.18 Å². The van der Waals surface area contributed by atoms with E-state index in [0.29, 0.717) is 16.9 Å². The molecule has 1 heterocycles. The molecule has 6 heteroatoms. The van der Waals surface area contributed by atoms with Crippen LogP contribution in [0.3, 0.4) is 0 Å². The van der Waals surface area contributed by atoms with Gasteiger partial charge in [0.2, 0.25) is 0 Å². The molecule has 0 aliphatic carbocycles. The van der Waals surface area contributed by atoms with E-state index in [9.17, 15) is 13.2 Å². The second-order valence-electron chi connectivity index (χ2n) is 5.36. The molecule has 0 bridgehead atoms. The minimum atomic E-state index is -4.37. The second-order valence-corrected chi connectivity index (χ2v) is 5.36. The number of methoxy groups -OCH3 is 1. The Hall–Kier alpha value is -3.02. The van der Waals surface area contributed by atoms with Gasteiger partial charge in [0.05, 0.1) is 12.7 Å². The van der Waals surface area contributed by atoms with Gasteiger partial charge in [-0.25, -0.2) is 4.98 Å². The molecule has 0 saturated heterocycles. The molecule has 25 heavy (non-hydrogen) atoms. The lowest BCUT2D eigenvalue weighted by atomic mass is 10.0. The molecule has 3 aromatic rings. The Morgan fingerprint density at radius 3 is 2.32 bits per heavy atom. The lowest BCUT2D eigenvalue weighted by Crippen LogP contribution is -2.04. The standard InChI is InChI=1S/C19H15F3N2O/c1-25-17-7-5-16(6-8-17)24-18-12-14(9-10-23-18)13-3-2-4-15(11-13)19(20,21)22/h2-12H,1H3,(H,23,24). The van der Waals surface area contributed by atoms with Gasteiger partial charge in [-0.05, 0) is 59.7 Å². The summed E-state index contributed by atoms with van der Waals surface area (Å²) in [5.41, 5.74) is 1.26. The van der Waals surface area contributed by atoms with Crippen LogP contribution in [0.4, 0.5) is 24.7 Å². The fourth-order valence-electron chi connectivity index (χ4n) is 2.38. The summed E-state index contributed by atoms with van der Waals surface area (Å²) in [6.45, 7) is 0. The van der Waals surface area contributed by atoms with Gasteiger partial charge in [0.25, 0.3) is 0 Å². The van der Waals surface area contributed by atoms with Crippen LogP contribution in [0.5, 0.6) is 5.75 Å². The summed E-state index contributed by atoms with van der Waals surface area (Å²) < 4.78 is 43.7. The molecule has 0 fully saturated rings. The number of hydrogen-bond donors (Lipinski definition) is 1. The first-order valence-electron chi connectivity index (χ1n) is 7.50. The quantitative estimate of drug-likeness (QED) is 0.677. The van der Waals surface area contributed by atoms with Crippen molar-refractivity contribution in [3.63, 3.8) is 0 Å². The Bertz CT molecular complexity index is 861. The summed E-state index contributed by atoms with van der Waals surface area (Å²) in [6, 6.07) is 15.9. The molecule has 1 aromatic heterocycles. The molecule has 0 unspecified atom stereocenters. The maximum Gasteiger partial charge on any atom is 0.416 e. The van der Waals surface area contributed by atoms with E-state index in [1.165, 1.54) is 6.07 Å². The summed E-state index contributed by atoms with van der Waals surface area (Å²) >= 11 is 0. The molecule has 0 spiro atoms. The maximum absolute atomic E-state index is 12.9. The zero-order valence-electron chi connectivity index (χ0n) is 13.3. The first kappa shape index (κ1) is 16.8. The van der Waals surface area contributed by atoms with Crippen LogP contribution in [0.15, 0.2) is 66.9 Å². The van der Waals surface area contributed by atoms with Gasteiger partial charge in [-0.15, -0.1) is 0 Å². The summed E-state index contributed by atoms with van der Waals surface area (Å²) in [4.78, 5) is 4.21. The smallest absolute Gasteiger partial charge is 0.416 e. The Morgan fingerprint density at radius 2 is 1.64 bits per heavy atom. The van der Waals surface area contributed by atoms with Crippen LogP contribution in [0.25, 0.3) is 11.1 Å². The van der Waals surface area contributed by atoms with E-state index in [-0.39, 0.29) is 0 Å². The van der Waals surface area contributed by atoms with Crippen molar-refractivity contribution in [3.8, 4) is 16.9 Å². The zero-order valence-corrected chi connectivity index (χ0v) is 13.3. The number of anilines is 2. The highest BCUT2D eigenvalue weighted by Gasteiger charge is 2.30. The maximum atomic E-state index is 12.9. The molecular weight excluding hydrogens is 329 g/mol. The normalized spacial score (nSPS) is 11.2. The average Bonchev–Trinajstić information content (AvgIpc) is 2.62. The van der Waals surface area contributed by atoms with Gasteiger partial charge in [-0.3, -0.25) is 0 Å². The van der Waals surface area contributed by atoms with E-state index in [4.69, 9.17) is 4.74 Å². The lowest BCUT2D eigenvalue weighted by Gasteiger charge is -2.10. The molecule has 2 aromatic carbocycles. The monoisotopic (exact) mass is 344 g/mol. The third-order valence-electron chi connectivity index (χ3n) is 3.65. The highest BCUT2D eigenvalue weighted by atomic mass is 19.4. The zero-order chi connectivity index (χ0) is 17.9. The van der Waals surface area contributed by atoms with Crippen molar-refractivity contribution < 1.29 is 17.9 Å². The van der Waals surface area contributed by atoms with Crippen molar-refractivity contribution in [2.75, 3.05) is 12.4 Å². The molecule has 128 valence electrons. The summed E-state index contributed by atoms with van der Waals surface area (Å²) in [5.74, 6) is 1.27. The van der Waals surface area contributed by atoms with Gasteiger partial charge >= 0.3 is 6.18 Å². The number of pyridine rings is 1. The number of ether oxygens (including phenoxy) is 1. The molecule has 0 atom stereocenters. The average molecular weight is 344 g/mol. The predicted molar refractivity (Wildman–Crippen MR) is 91.0 cm³/mol. The fraction of sp³-hybridized carbons (Fsp3) is 0.105. The Labute approximate surface area is 143 Å². The van der Waals surface area contributed by atoms with Crippen molar-refractivity contribution in [3.05, 3.63) is 72.4 Å². The minimum Gasteiger partial charge on any atom is -0.497 e. The fourth-order valence-corrected chi connectivity index (χ4v) is 2.38. The molecule has 3 rings (SSSR count). The summed E-state index contributed by atoms with van der Waals surface area (Å²) in [6.07, 6.45) is -2.81. The molecule has 0 aliphatic heterocycles. The summed E-state index contributed by atoms with van der Waals surface area (Å²) in [7, 11) is 1.59. The van der Waals surface area contributed by atoms with Crippen LogP contribution >= 0.6 is 0 Å². The Morgan fingerprint density at radius 1 is 0.920 bits per heavy atom. The van der Waals surface area contributed by atoms with E-state index >= 15 is 0 Å². The molecule has 0 aliphatic rings. The van der Waals surface area contributed by atoms with Crippen LogP contribution in [0.1, 0.15) is 5.56 Å². The Kier molecular flexibility index (Phi) is 4.61. The van der Waals surface area contributed by atoms with Crippen molar-refractivity contribution in [1.29, 1.82) is 0 Å². The first-order valence-corrected chi connectivity index (χ1v) is 7.50. The third-order valence-corrected chi connectivity index (χ3v) is 3.65. The molecule has 0 radical (unpaired) electrons. The van der Waals surface area contributed by atoms with Crippen molar-refractivity contribution in [2.24, 2.45) is 0 Å². The van der Waals surface area contributed by atoms with E-state index in [1.807, 2.05) is 12.1 Å². The van der Waals surface area contributed by atoms with E-state index in [2.05, 4.69) is 10.3 Å². The molecule has 3 nitrogen and oxygen atoms in total. The number of nitrogens with one attached hydrogen (secondary N) is 1. The van der Waals surface area contributed by atoms with Gasteiger partial charge in [0.15, 0.2) is 0 Å². The van der Waals surface area contributed by atoms with Gasteiger partial charge < -0.3 is 10.1 Å². The van der Waals surface area contributed by atoms with Crippen LogP contribution in [-0.4, -0.2) is 12.1 Å². The molecular formula is C19H15F3N2O. The highest BCUT2D eigenvalue weighted by Crippen LogP contribution is 2.32.